The Morgan fingerprint density at radius 1 is 1.07 bits per heavy atom. The number of pyridine rings is 1. The summed E-state index contributed by atoms with van der Waals surface area (Å²) in [5.41, 5.74) is 2.55. The Kier molecular flexibility index (Phi) is 5.37. The lowest BCUT2D eigenvalue weighted by Crippen LogP contribution is -2.37. The smallest absolute Gasteiger partial charge is 0.252 e. The van der Waals surface area contributed by atoms with E-state index in [1.807, 2.05) is 48.5 Å². The lowest BCUT2D eigenvalue weighted by atomic mass is 10.0. The number of aromatic nitrogens is 1. The fraction of sp³-hybridized carbons (Fsp3) is 0.273. The van der Waals surface area contributed by atoms with Gasteiger partial charge in [0, 0.05) is 28.7 Å². The SMILES string of the molecule is O=C(NC[C@@H](c1ccccc1Cl)N1CCCC1)c1cccc2ncccc12. The van der Waals surface area contributed by atoms with Gasteiger partial charge in [0.1, 0.15) is 0 Å². The number of halogens is 1. The van der Waals surface area contributed by atoms with Gasteiger partial charge in [-0.05, 0) is 55.8 Å². The minimum atomic E-state index is -0.0788. The predicted molar refractivity (Wildman–Crippen MR) is 109 cm³/mol. The molecule has 0 spiro atoms. The Labute approximate surface area is 164 Å². The minimum Gasteiger partial charge on any atom is -0.350 e. The van der Waals surface area contributed by atoms with Crippen LogP contribution < -0.4 is 5.32 Å². The standard InChI is InChI=1S/C22H22ClN3O/c23-19-10-2-1-7-18(19)21(26-13-3-4-14-26)15-25-22(27)17-8-5-11-20-16(17)9-6-12-24-20/h1-2,5-12,21H,3-4,13-15H2,(H,25,27)/t21-/m0/s1. The molecule has 1 fully saturated rings. The number of likely N-dealkylation sites (tertiary alicyclic amines) is 1. The molecule has 3 aromatic rings. The highest BCUT2D eigenvalue weighted by Crippen LogP contribution is 2.30. The summed E-state index contributed by atoms with van der Waals surface area (Å²) in [6.07, 6.45) is 4.11. The summed E-state index contributed by atoms with van der Waals surface area (Å²) in [7, 11) is 0. The van der Waals surface area contributed by atoms with Crippen molar-refractivity contribution in [2.24, 2.45) is 0 Å². The molecule has 0 aliphatic carbocycles. The van der Waals surface area contributed by atoms with Crippen molar-refractivity contribution in [1.29, 1.82) is 0 Å². The van der Waals surface area contributed by atoms with Crippen LogP contribution in [0.25, 0.3) is 10.9 Å². The van der Waals surface area contributed by atoms with Crippen molar-refractivity contribution in [3.8, 4) is 0 Å². The molecule has 1 aromatic heterocycles. The zero-order chi connectivity index (χ0) is 18.6. The van der Waals surface area contributed by atoms with Crippen molar-refractivity contribution < 1.29 is 4.79 Å². The molecule has 0 unspecified atom stereocenters. The van der Waals surface area contributed by atoms with E-state index in [9.17, 15) is 4.79 Å². The van der Waals surface area contributed by atoms with Gasteiger partial charge in [-0.3, -0.25) is 14.7 Å². The topological polar surface area (TPSA) is 45.2 Å². The average molecular weight is 380 g/mol. The molecule has 27 heavy (non-hydrogen) atoms. The maximum Gasteiger partial charge on any atom is 0.252 e. The molecule has 1 amide bonds. The summed E-state index contributed by atoms with van der Waals surface area (Å²) < 4.78 is 0. The first-order valence-corrected chi connectivity index (χ1v) is 9.72. The molecular weight excluding hydrogens is 358 g/mol. The molecule has 2 heterocycles. The summed E-state index contributed by atoms with van der Waals surface area (Å²) in [6, 6.07) is 17.4. The summed E-state index contributed by atoms with van der Waals surface area (Å²) in [4.78, 5) is 19.6. The van der Waals surface area contributed by atoms with Crippen molar-refractivity contribution in [3.63, 3.8) is 0 Å². The van der Waals surface area contributed by atoms with Gasteiger partial charge >= 0.3 is 0 Å². The maximum atomic E-state index is 12.9. The maximum absolute atomic E-state index is 12.9. The van der Waals surface area contributed by atoms with Crippen LogP contribution in [0.3, 0.4) is 0 Å². The van der Waals surface area contributed by atoms with E-state index in [1.54, 1.807) is 6.20 Å². The van der Waals surface area contributed by atoms with E-state index in [0.29, 0.717) is 12.1 Å². The van der Waals surface area contributed by atoms with E-state index in [-0.39, 0.29) is 11.9 Å². The highest BCUT2D eigenvalue weighted by atomic mass is 35.5. The Morgan fingerprint density at radius 3 is 2.70 bits per heavy atom. The summed E-state index contributed by atoms with van der Waals surface area (Å²) in [5.74, 6) is -0.0788. The number of hydrogen-bond acceptors (Lipinski definition) is 3. The van der Waals surface area contributed by atoms with E-state index in [4.69, 9.17) is 11.6 Å². The second-order valence-corrected chi connectivity index (χ2v) is 7.27. The second-order valence-electron chi connectivity index (χ2n) is 6.87. The van der Waals surface area contributed by atoms with Crippen LogP contribution in [-0.4, -0.2) is 35.4 Å². The molecule has 0 saturated carbocycles. The molecule has 0 radical (unpaired) electrons. The minimum absolute atomic E-state index is 0.0788. The fourth-order valence-electron chi connectivity index (χ4n) is 3.82. The van der Waals surface area contributed by atoms with Crippen molar-refractivity contribution in [3.05, 3.63) is 76.9 Å². The van der Waals surface area contributed by atoms with Crippen LogP contribution in [0, 0.1) is 0 Å². The molecule has 5 heteroatoms. The van der Waals surface area contributed by atoms with Gasteiger partial charge in [-0.1, -0.05) is 41.9 Å². The van der Waals surface area contributed by atoms with Crippen LogP contribution in [0.4, 0.5) is 0 Å². The first kappa shape index (κ1) is 18.0. The van der Waals surface area contributed by atoms with Crippen LogP contribution >= 0.6 is 11.6 Å². The normalized spacial score (nSPS) is 15.7. The van der Waals surface area contributed by atoms with Gasteiger partial charge in [-0.25, -0.2) is 0 Å². The average Bonchev–Trinajstić information content (AvgIpc) is 3.23. The Balaban J connectivity index is 1.57. The molecule has 1 saturated heterocycles. The Morgan fingerprint density at radius 2 is 1.89 bits per heavy atom. The predicted octanol–water partition coefficient (Wildman–Crippen LogP) is 4.46. The number of hydrogen-bond donors (Lipinski definition) is 1. The summed E-state index contributed by atoms with van der Waals surface area (Å²) in [6.45, 7) is 2.59. The number of carbonyl (C=O) groups excluding carboxylic acids is 1. The Bertz CT molecular complexity index is 948. The lowest BCUT2D eigenvalue weighted by molar-refractivity contribution is 0.0939. The van der Waals surface area contributed by atoms with Gasteiger partial charge in [0.05, 0.1) is 11.6 Å². The van der Waals surface area contributed by atoms with Gasteiger partial charge in [-0.15, -0.1) is 0 Å². The number of fused-ring (bicyclic) bond motifs is 1. The third kappa shape index (κ3) is 3.82. The van der Waals surface area contributed by atoms with Crippen LogP contribution in [0.1, 0.15) is 34.8 Å². The number of nitrogens with one attached hydrogen (secondary N) is 1. The van der Waals surface area contributed by atoms with Crippen molar-refractivity contribution >= 4 is 28.4 Å². The number of nitrogens with zero attached hydrogens (tertiary/aromatic N) is 2. The van der Waals surface area contributed by atoms with E-state index in [0.717, 1.165) is 34.6 Å². The highest BCUT2D eigenvalue weighted by molar-refractivity contribution is 6.31. The van der Waals surface area contributed by atoms with Crippen LogP contribution in [0.15, 0.2) is 60.8 Å². The number of carbonyl (C=O) groups is 1. The van der Waals surface area contributed by atoms with Gasteiger partial charge in [0.15, 0.2) is 0 Å². The molecule has 0 bridgehead atoms. The molecule has 1 aliphatic rings. The molecule has 1 aliphatic heterocycles. The van der Waals surface area contributed by atoms with E-state index < -0.39 is 0 Å². The monoisotopic (exact) mass is 379 g/mol. The molecule has 2 aromatic carbocycles. The number of rotatable bonds is 5. The third-order valence-corrected chi connectivity index (χ3v) is 5.54. The first-order valence-electron chi connectivity index (χ1n) is 9.34. The third-order valence-electron chi connectivity index (χ3n) is 5.19. The summed E-state index contributed by atoms with van der Waals surface area (Å²) >= 11 is 6.46. The largest absolute Gasteiger partial charge is 0.350 e. The van der Waals surface area contributed by atoms with Crippen molar-refractivity contribution in [1.82, 2.24) is 15.2 Å². The van der Waals surface area contributed by atoms with E-state index >= 15 is 0 Å². The van der Waals surface area contributed by atoms with E-state index in [1.165, 1.54) is 12.8 Å². The number of amides is 1. The molecule has 1 N–H and O–H groups in total. The van der Waals surface area contributed by atoms with Crippen LogP contribution in [0.5, 0.6) is 0 Å². The van der Waals surface area contributed by atoms with Gasteiger partial charge in [0.2, 0.25) is 0 Å². The summed E-state index contributed by atoms with van der Waals surface area (Å²) in [5, 5.41) is 4.74. The molecule has 4 nitrogen and oxygen atoms in total. The zero-order valence-corrected chi connectivity index (χ0v) is 15.8. The van der Waals surface area contributed by atoms with Gasteiger partial charge in [0.25, 0.3) is 5.91 Å². The van der Waals surface area contributed by atoms with Gasteiger partial charge in [-0.2, -0.15) is 0 Å². The van der Waals surface area contributed by atoms with Crippen molar-refractivity contribution in [2.75, 3.05) is 19.6 Å². The molecule has 4 rings (SSSR count). The fourth-order valence-corrected chi connectivity index (χ4v) is 4.08. The van der Waals surface area contributed by atoms with Crippen LogP contribution in [0.2, 0.25) is 5.02 Å². The van der Waals surface area contributed by atoms with Crippen LogP contribution in [-0.2, 0) is 0 Å². The number of benzene rings is 2. The zero-order valence-electron chi connectivity index (χ0n) is 15.1. The first-order chi connectivity index (χ1) is 13.2. The second kappa shape index (κ2) is 8.07. The quantitative estimate of drug-likeness (QED) is 0.712. The van der Waals surface area contributed by atoms with Gasteiger partial charge < -0.3 is 5.32 Å². The van der Waals surface area contributed by atoms with Crippen molar-refractivity contribution in [2.45, 2.75) is 18.9 Å². The Hall–Kier alpha value is -2.43. The van der Waals surface area contributed by atoms with E-state index in [2.05, 4.69) is 21.3 Å². The molecular formula is C22H22ClN3O. The lowest BCUT2D eigenvalue weighted by Gasteiger charge is -2.29. The molecule has 138 valence electrons. The highest BCUT2D eigenvalue weighted by Gasteiger charge is 2.25. The molecule has 1 atom stereocenters.